The van der Waals surface area contributed by atoms with E-state index in [1.54, 1.807) is 19.4 Å². The molecule has 0 aliphatic heterocycles. The van der Waals surface area contributed by atoms with E-state index in [1.165, 1.54) is 12.4 Å². The van der Waals surface area contributed by atoms with Gasteiger partial charge in [0.25, 0.3) is 0 Å². The van der Waals surface area contributed by atoms with E-state index in [-0.39, 0.29) is 5.56 Å². The van der Waals surface area contributed by atoms with Gasteiger partial charge in [0.15, 0.2) is 0 Å². The maximum Gasteiger partial charge on any atom is 0.416 e. The van der Waals surface area contributed by atoms with Crippen molar-refractivity contribution in [2.75, 3.05) is 7.05 Å². The Morgan fingerprint density at radius 1 is 1.10 bits per heavy atom. The molecule has 0 amide bonds. The highest BCUT2D eigenvalue weighted by Crippen LogP contribution is 2.35. The molecule has 112 valence electrons. The summed E-state index contributed by atoms with van der Waals surface area (Å²) in [6, 6.07) is 4.34. The summed E-state index contributed by atoms with van der Waals surface area (Å²) in [4.78, 5) is 7.76. The Balaban J connectivity index is 2.18. The van der Waals surface area contributed by atoms with Gasteiger partial charge in [0.05, 0.1) is 5.56 Å². The summed E-state index contributed by atoms with van der Waals surface area (Å²) >= 11 is 0. The van der Waals surface area contributed by atoms with Crippen molar-refractivity contribution >= 4 is 0 Å². The van der Waals surface area contributed by atoms with Crippen LogP contribution in [0, 0.1) is 0 Å². The monoisotopic (exact) mass is 295 g/mol. The third-order valence-corrected chi connectivity index (χ3v) is 3.35. The summed E-state index contributed by atoms with van der Waals surface area (Å²) in [5.74, 6) is 0. The van der Waals surface area contributed by atoms with Crippen LogP contribution in [0.5, 0.6) is 0 Å². The fraction of sp³-hybridized carbons (Fsp3) is 0.333. The molecule has 1 unspecified atom stereocenters. The van der Waals surface area contributed by atoms with E-state index >= 15 is 0 Å². The molecule has 0 radical (unpaired) electrons. The minimum Gasteiger partial charge on any atom is -0.313 e. The standard InChI is InChI=1S/C15H16F3N3/c1-19-14(3-2-11-4-7-20-8-5-11)12-10-21-9-6-13(12)15(16,17)18/h4-10,14,19H,2-3H2,1H3. The highest BCUT2D eigenvalue weighted by atomic mass is 19.4. The number of rotatable bonds is 5. The second-order valence-corrected chi connectivity index (χ2v) is 4.70. The van der Waals surface area contributed by atoms with Crippen LogP contribution in [0.3, 0.4) is 0 Å². The molecule has 0 aromatic carbocycles. The van der Waals surface area contributed by atoms with E-state index in [2.05, 4.69) is 15.3 Å². The van der Waals surface area contributed by atoms with E-state index in [9.17, 15) is 13.2 Å². The lowest BCUT2D eigenvalue weighted by molar-refractivity contribution is -0.138. The molecule has 0 aliphatic rings. The van der Waals surface area contributed by atoms with Crippen LogP contribution in [0.4, 0.5) is 13.2 Å². The Bertz CT molecular complexity index is 570. The van der Waals surface area contributed by atoms with Gasteiger partial charge in [-0.25, -0.2) is 0 Å². The second-order valence-electron chi connectivity index (χ2n) is 4.70. The van der Waals surface area contributed by atoms with Crippen LogP contribution in [0.1, 0.15) is 29.2 Å². The van der Waals surface area contributed by atoms with Crippen molar-refractivity contribution in [3.8, 4) is 0 Å². The van der Waals surface area contributed by atoms with E-state index in [0.29, 0.717) is 12.8 Å². The Hall–Kier alpha value is -1.95. The maximum absolute atomic E-state index is 13.0. The first kappa shape index (κ1) is 15.4. The van der Waals surface area contributed by atoms with E-state index in [4.69, 9.17) is 0 Å². The molecule has 2 aromatic rings. The fourth-order valence-electron chi connectivity index (χ4n) is 2.26. The zero-order valence-electron chi connectivity index (χ0n) is 11.6. The molecule has 2 aromatic heterocycles. The smallest absolute Gasteiger partial charge is 0.313 e. The molecule has 0 fully saturated rings. The van der Waals surface area contributed by atoms with Crippen LogP contribution >= 0.6 is 0 Å². The Morgan fingerprint density at radius 3 is 2.38 bits per heavy atom. The van der Waals surface area contributed by atoms with Crippen LogP contribution in [0.2, 0.25) is 0 Å². The van der Waals surface area contributed by atoms with Gasteiger partial charge in [-0.1, -0.05) is 0 Å². The Morgan fingerprint density at radius 2 is 1.76 bits per heavy atom. The SMILES string of the molecule is CNC(CCc1ccncc1)c1cnccc1C(F)(F)F. The van der Waals surface area contributed by atoms with Gasteiger partial charge in [0.2, 0.25) is 0 Å². The zero-order valence-corrected chi connectivity index (χ0v) is 11.6. The maximum atomic E-state index is 13.0. The van der Waals surface area contributed by atoms with Gasteiger partial charge in [-0.15, -0.1) is 0 Å². The van der Waals surface area contributed by atoms with Crippen molar-refractivity contribution in [3.05, 3.63) is 59.7 Å². The first-order valence-corrected chi connectivity index (χ1v) is 6.59. The number of aryl methyl sites for hydroxylation is 1. The molecule has 0 saturated heterocycles. The lowest BCUT2D eigenvalue weighted by Gasteiger charge is -2.20. The predicted molar refractivity (Wildman–Crippen MR) is 73.6 cm³/mol. The summed E-state index contributed by atoms with van der Waals surface area (Å²) in [5, 5.41) is 2.95. The summed E-state index contributed by atoms with van der Waals surface area (Å²) in [5.41, 5.74) is 0.593. The molecule has 0 bridgehead atoms. The molecule has 2 heterocycles. The predicted octanol–water partition coefficient (Wildman–Crippen LogP) is 3.39. The van der Waals surface area contributed by atoms with Crippen LogP contribution in [0.25, 0.3) is 0 Å². The first-order chi connectivity index (χ1) is 10.0. The minimum absolute atomic E-state index is 0.182. The third-order valence-electron chi connectivity index (χ3n) is 3.35. The first-order valence-electron chi connectivity index (χ1n) is 6.59. The van der Waals surface area contributed by atoms with Gasteiger partial charge in [-0.05, 0) is 49.2 Å². The molecule has 6 heteroatoms. The van der Waals surface area contributed by atoms with E-state index in [0.717, 1.165) is 11.6 Å². The summed E-state index contributed by atoms with van der Waals surface area (Å²) in [6.45, 7) is 0. The summed E-state index contributed by atoms with van der Waals surface area (Å²) < 4.78 is 39.1. The van der Waals surface area contributed by atoms with Crippen LogP contribution in [-0.2, 0) is 12.6 Å². The number of hydrogen-bond donors (Lipinski definition) is 1. The largest absolute Gasteiger partial charge is 0.416 e. The summed E-state index contributed by atoms with van der Waals surface area (Å²) in [7, 11) is 1.66. The lowest BCUT2D eigenvalue weighted by Crippen LogP contribution is -2.21. The van der Waals surface area contributed by atoms with Crippen LogP contribution in [0.15, 0.2) is 43.0 Å². The highest BCUT2D eigenvalue weighted by molar-refractivity contribution is 5.29. The van der Waals surface area contributed by atoms with Gasteiger partial charge in [0.1, 0.15) is 0 Å². The molecule has 3 nitrogen and oxygen atoms in total. The Labute approximate surface area is 121 Å². The van der Waals surface area contributed by atoms with Crippen molar-refractivity contribution in [1.29, 1.82) is 0 Å². The van der Waals surface area contributed by atoms with Crippen molar-refractivity contribution in [2.24, 2.45) is 0 Å². The normalized spacial score (nSPS) is 13.1. The van der Waals surface area contributed by atoms with Gasteiger partial charge < -0.3 is 5.32 Å². The number of hydrogen-bond acceptors (Lipinski definition) is 3. The number of alkyl halides is 3. The molecule has 1 N–H and O–H groups in total. The average molecular weight is 295 g/mol. The van der Waals surface area contributed by atoms with Crippen LogP contribution in [-0.4, -0.2) is 17.0 Å². The number of nitrogens with one attached hydrogen (secondary N) is 1. The molecule has 21 heavy (non-hydrogen) atoms. The van der Waals surface area contributed by atoms with Gasteiger partial charge in [0, 0.05) is 30.8 Å². The molecule has 2 rings (SSSR count). The molecule has 0 aliphatic carbocycles. The molecule has 0 spiro atoms. The van der Waals surface area contributed by atoms with Crippen molar-refractivity contribution in [1.82, 2.24) is 15.3 Å². The molecular weight excluding hydrogens is 279 g/mol. The van der Waals surface area contributed by atoms with Crippen LogP contribution < -0.4 is 5.32 Å². The van der Waals surface area contributed by atoms with Crippen molar-refractivity contribution in [2.45, 2.75) is 25.1 Å². The number of nitrogens with zero attached hydrogens (tertiary/aromatic N) is 2. The number of halogens is 3. The van der Waals surface area contributed by atoms with Crippen molar-refractivity contribution < 1.29 is 13.2 Å². The van der Waals surface area contributed by atoms with Gasteiger partial charge in [-0.2, -0.15) is 13.2 Å². The topological polar surface area (TPSA) is 37.8 Å². The number of pyridine rings is 2. The zero-order chi connectivity index (χ0) is 15.3. The molecule has 0 saturated carbocycles. The molecular formula is C15H16F3N3. The summed E-state index contributed by atoms with van der Waals surface area (Å²) in [6.07, 6.45) is 2.65. The average Bonchev–Trinajstić information content (AvgIpc) is 2.48. The quantitative estimate of drug-likeness (QED) is 0.919. The second kappa shape index (κ2) is 6.67. The Kier molecular flexibility index (Phi) is 4.90. The fourth-order valence-corrected chi connectivity index (χ4v) is 2.26. The molecule has 1 atom stereocenters. The van der Waals surface area contributed by atoms with Gasteiger partial charge in [-0.3, -0.25) is 9.97 Å². The van der Waals surface area contributed by atoms with Gasteiger partial charge >= 0.3 is 6.18 Å². The highest BCUT2D eigenvalue weighted by Gasteiger charge is 2.34. The third kappa shape index (κ3) is 4.01. The lowest BCUT2D eigenvalue weighted by atomic mass is 9.97. The minimum atomic E-state index is -4.37. The van der Waals surface area contributed by atoms with Crippen molar-refractivity contribution in [3.63, 3.8) is 0 Å². The number of aromatic nitrogens is 2. The van der Waals surface area contributed by atoms with E-state index < -0.39 is 17.8 Å². The van der Waals surface area contributed by atoms with E-state index in [1.807, 2.05) is 12.1 Å².